The van der Waals surface area contributed by atoms with E-state index < -0.39 is 5.82 Å². The number of halogens is 1. The van der Waals surface area contributed by atoms with Gasteiger partial charge in [-0.05, 0) is 61.8 Å². The second-order valence-corrected chi connectivity index (χ2v) is 9.98. The maximum Gasteiger partial charge on any atom is 0.159 e. The molecule has 4 aromatic heterocycles. The van der Waals surface area contributed by atoms with Crippen molar-refractivity contribution in [3.05, 3.63) is 72.9 Å². The standard InChI is InChI=1S/C30H26FN7O2/c31-20-10-18(11-21(39)13-20)23-4-3-5-25-28(23)35-30(34-25)29-24-14-26(33-17-27(24)36-37-29)19-12-22(16-32-15-19)40-9-8-38-6-1-2-7-38/h3-5,10-17,39H,1-2,6-9H2,(H,34,35)(H,36,37). The zero-order chi connectivity index (χ0) is 27.1. The number of hydrogen-bond donors (Lipinski definition) is 3. The third-order valence-electron chi connectivity index (χ3n) is 7.26. The number of aromatic nitrogens is 6. The van der Waals surface area contributed by atoms with E-state index in [-0.39, 0.29) is 5.75 Å². The summed E-state index contributed by atoms with van der Waals surface area (Å²) < 4.78 is 20.0. The maximum absolute atomic E-state index is 14.0. The van der Waals surface area contributed by atoms with Crippen molar-refractivity contribution in [1.29, 1.82) is 0 Å². The molecule has 0 bridgehead atoms. The average Bonchev–Trinajstić information content (AvgIpc) is 3.71. The van der Waals surface area contributed by atoms with Crippen molar-refractivity contribution in [3.8, 4) is 45.4 Å². The number of imidazole rings is 1. The van der Waals surface area contributed by atoms with Crippen molar-refractivity contribution in [1.82, 2.24) is 35.0 Å². The molecular formula is C30H26FN7O2. The summed E-state index contributed by atoms with van der Waals surface area (Å²) in [4.78, 5) is 19.6. The Bertz CT molecular complexity index is 1820. The lowest BCUT2D eigenvalue weighted by Gasteiger charge is -2.15. The molecule has 0 atom stereocenters. The van der Waals surface area contributed by atoms with Crippen LogP contribution in [-0.2, 0) is 0 Å². The van der Waals surface area contributed by atoms with E-state index in [0.29, 0.717) is 40.5 Å². The lowest BCUT2D eigenvalue weighted by molar-refractivity contribution is 0.237. The zero-order valence-corrected chi connectivity index (χ0v) is 21.6. The molecule has 0 amide bonds. The lowest BCUT2D eigenvalue weighted by atomic mass is 10.0. The van der Waals surface area contributed by atoms with Crippen LogP contribution in [0.3, 0.4) is 0 Å². The number of nitrogens with one attached hydrogen (secondary N) is 2. The van der Waals surface area contributed by atoms with Gasteiger partial charge in [-0.3, -0.25) is 20.0 Å². The molecule has 6 aromatic rings. The summed E-state index contributed by atoms with van der Waals surface area (Å²) in [5.41, 5.74) is 5.62. The molecule has 3 N–H and O–H groups in total. The van der Waals surface area contributed by atoms with Crippen molar-refractivity contribution in [2.75, 3.05) is 26.2 Å². The van der Waals surface area contributed by atoms with Gasteiger partial charge in [-0.2, -0.15) is 5.10 Å². The van der Waals surface area contributed by atoms with Gasteiger partial charge in [-0.25, -0.2) is 9.37 Å². The van der Waals surface area contributed by atoms with E-state index in [0.717, 1.165) is 53.4 Å². The number of para-hydroxylation sites is 1. The highest BCUT2D eigenvalue weighted by molar-refractivity contribution is 5.97. The van der Waals surface area contributed by atoms with Gasteiger partial charge in [0, 0.05) is 35.3 Å². The highest BCUT2D eigenvalue weighted by Crippen LogP contribution is 2.34. The molecule has 0 saturated carbocycles. The van der Waals surface area contributed by atoms with Crippen LogP contribution in [0.5, 0.6) is 11.5 Å². The molecule has 40 heavy (non-hydrogen) atoms. The number of ether oxygens (including phenoxy) is 1. The zero-order valence-electron chi connectivity index (χ0n) is 21.6. The van der Waals surface area contributed by atoms with E-state index in [1.54, 1.807) is 18.6 Å². The Morgan fingerprint density at radius 1 is 0.975 bits per heavy atom. The second kappa shape index (κ2) is 10.0. The lowest BCUT2D eigenvalue weighted by Crippen LogP contribution is -2.25. The van der Waals surface area contributed by atoms with Crippen LogP contribution in [0.15, 0.2) is 67.1 Å². The Kier molecular flexibility index (Phi) is 6.09. The molecule has 1 saturated heterocycles. The van der Waals surface area contributed by atoms with E-state index >= 15 is 0 Å². The summed E-state index contributed by atoms with van der Waals surface area (Å²) in [5.74, 6) is 0.607. The van der Waals surface area contributed by atoms with Crippen molar-refractivity contribution >= 4 is 21.9 Å². The molecule has 0 radical (unpaired) electrons. The highest BCUT2D eigenvalue weighted by atomic mass is 19.1. The number of phenols is 1. The normalized spacial score (nSPS) is 13.9. The predicted octanol–water partition coefficient (Wildman–Crippen LogP) is 5.55. The predicted molar refractivity (Wildman–Crippen MR) is 150 cm³/mol. The quantitative estimate of drug-likeness (QED) is 0.245. The number of aromatic amines is 2. The van der Waals surface area contributed by atoms with Gasteiger partial charge in [0.2, 0.25) is 0 Å². The number of rotatable bonds is 7. The largest absolute Gasteiger partial charge is 0.508 e. The summed E-state index contributed by atoms with van der Waals surface area (Å²) in [6, 6.07) is 13.5. The first-order valence-corrected chi connectivity index (χ1v) is 13.2. The van der Waals surface area contributed by atoms with Crippen LogP contribution < -0.4 is 4.74 Å². The van der Waals surface area contributed by atoms with Gasteiger partial charge in [0.05, 0.1) is 34.6 Å². The summed E-state index contributed by atoms with van der Waals surface area (Å²) in [7, 11) is 0. The summed E-state index contributed by atoms with van der Waals surface area (Å²) in [6.45, 7) is 3.80. The van der Waals surface area contributed by atoms with Crippen LogP contribution in [0.25, 0.3) is 55.8 Å². The fourth-order valence-corrected chi connectivity index (χ4v) is 5.30. The van der Waals surface area contributed by atoms with E-state index in [4.69, 9.17) is 9.72 Å². The van der Waals surface area contributed by atoms with Crippen LogP contribution in [-0.4, -0.2) is 66.4 Å². The second-order valence-electron chi connectivity index (χ2n) is 9.98. The van der Waals surface area contributed by atoms with Crippen LogP contribution >= 0.6 is 0 Å². The monoisotopic (exact) mass is 535 g/mol. The number of aromatic hydroxyl groups is 1. The number of nitrogens with zero attached hydrogens (tertiary/aromatic N) is 5. The molecule has 200 valence electrons. The Morgan fingerprint density at radius 3 is 2.75 bits per heavy atom. The minimum Gasteiger partial charge on any atom is -0.508 e. The van der Waals surface area contributed by atoms with Gasteiger partial charge in [-0.15, -0.1) is 0 Å². The molecule has 1 aliphatic heterocycles. The van der Waals surface area contributed by atoms with E-state index in [9.17, 15) is 9.50 Å². The topological polar surface area (TPSA) is 116 Å². The Balaban J connectivity index is 1.21. The first-order valence-electron chi connectivity index (χ1n) is 13.2. The number of benzene rings is 2. The number of phenolic OH excluding ortho intramolecular Hbond substituents is 1. The highest BCUT2D eigenvalue weighted by Gasteiger charge is 2.17. The summed E-state index contributed by atoms with van der Waals surface area (Å²) >= 11 is 0. The van der Waals surface area contributed by atoms with E-state index in [1.165, 1.54) is 25.0 Å². The molecule has 5 heterocycles. The first-order chi connectivity index (χ1) is 19.6. The molecule has 0 spiro atoms. The van der Waals surface area contributed by atoms with Crippen molar-refractivity contribution in [2.24, 2.45) is 0 Å². The molecule has 1 aliphatic rings. The summed E-state index contributed by atoms with van der Waals surface area (Å²) in [6.07, 6.45) is 7.75. The Morgan fingerprint density at radius 2 is 1.88 bits per heavy atom. The van der Waals surface area contributed by atoms with Gasteiger partial charge < -0.3 is 14.8 Å². The Labute approximate surface area is 228 Å². The SMILES string of the molecule is Oc1cc(F)cc(-c2cccc3[nH]c(-c4n[nH]c5cnc(-c6cncc(OCCN7CCCC7)c6)cc45)nc23)c1. The third kappa shape index (κ3) is 4.62. The maximum atomic E-state index is 14.0. The molecular weight excluding hydrogens is 509 g/mol. The molecule has 10 heteroatoms. The van der Waals surface area contributed by atoms with E-state index in [2.05, 4.69) is 30.0 Å². The fraction of sp³-hybridized carbons (Fsp3) is 0.200. The number of likely N-dealkylation sites (tertiary alicyclic amines) is 1. The van der Waals surface area contributed by atoms with Crippen LogP contribution in [0.4, 0.5) is 4.39 Å². The first kappa shape index (κ1) is 24.2. The Hall–Kier alpha value is -4.83. The van der Waals surface area contributed by atoms with Crippen molar-refractivity contribution in [3.63, 3.8) is 0 Å². The third-order valence-corrected chi connectivity index (χ3v) is 7.26. The molecule has 2 aromatic carbocycles. The average molecular weight is 536 g/mol. The fourth-order valence-electron chi connectivity index (χ4n) is 5.30. The molecule has 9 nitrogen and oxygen atoms in total. The number of fused-ring (bicyclic) bond motifs is 2. The number of hydrogen-bond acceptors (Lipinski definition) is 7. The molecule has 7 rings (SSSR count). The molecule has 0 unspecified atom stereocenters. The van der Waals surface area contributed by atoms with Gasteiger partial charge in [-0.1, -0.05) is 12.1 Å². The summed E-state index contributed by atoms with van der Waals surface area (Å²) in [5, 5.41) is 18.3. The van der Waals surface area contributed by atoms with Gasteiger partial charge in [0.1, 0.15) is 29.6 Å². The minimum atomic E-state index is -0.517. The van der Waals surface area contributed by atoms with Crippen LogP contribution in [0.1, 0.15) is 12.8 Å². The van der Waals surface area contributed by atoms with Crippen molar-refractivity contribution < 1.29 is 14.2 Å². The van der Waals surface area contributed by atoms with Gasteiger partial charge in [0.15, 0.2) is 5.82 Å². The number of pyridine rings is 2. The molecule has 0 aliphatic carbocycles. The minimum absolute atomic E-state index is 0.142. The number of H-pyrrole nitrogens is 2. The van der Waals surface area contributed by atoms with Gasteiger partial charge in [0.25, 0.3) is 0 Å². The smallest absolute Gasteiger partial charge is 0.159 e. The van der Waals surface area contributed by atoms with Gasteiger partial charge >= 0.3 is 0 Å². The van der Waals surface area contributed by atoms with Crippen LogP contribution in [0.2, 0.25) is 0 Å². The molecule has 1 fully saturated rings. The van der Waals surface area contributed by atoms with Crippen LogP contribution in [0, 0.1) is 5.82 Å². The van der Waals surface area contributed by atoms with E-state index in [1.807, 2.05) is 30.3 Å². The van der Waals surface area contributed by atoms with Crippen molar-refractivity contribution in [2.45, 2.75) is 12.8 Å².